The van der Waals surface area contributed by atoms with Gasteiger partial charge >= 0.3 is 0 Å². The van der Waals surface area contributed by atoms with Crippen LogP contribution < -0.4 is 10.6 Å². The molecule has 0 saturated heterocycles. The van der Waals surface area contributed by atoms with E-state index in [2.05, 4.69) is 25.6 Å². The lowest BCUT2D eigenvalue weighted by Gasteiger charge is -2.08. The van der Waals surface area contributed by atoms with E-state index in [1.807, 2.05) is 6.07 Å². The van der Waals surface area contributed by atoms with Crippen molar-refractivity contribution in [2.24, 2.45) is 0 Å². The summed E-state index contributed by atoms with van der Waals surface area (Å²) < 4.78 is 0. The van der Waals surface area contributed by atoms with Crippen LogP contribution in [0.15, 0.2) is 54.9 Å². The molecule has 0 atom stereocenters. The number of nitro groups is 1. The molecule has 0 unspecified atom stereocenters. The Morgan fingerprint density at radius 3 is 2.65 bits per heavy atom. The second-order valence-electron chi connectivity index (χ2n) is 5.33. The van der Waals surface area contributed by atoms with E-state index in [0.29, 0.717) is 30.5 Å². The van der Waals surface area contributed by atoms with Crippen LogP contribution in [0.4, 0.5) is 17.5 Å². The van der Waals surface area contributed by atoms with E-state index < -0.39 is 4.92 Å². The van der Waals surface area contributed by atoms with Crippen LogP contribution in [0.2, 0.25) is 0 Å². The van der Waals surface area contributed by atoms with Crippen molar-refractivity contribution < 1.29 is 10.0 Å². The van der Waals surface area contributed by atoms with Gasteiger partial charge in [0.2, 0.25) is 5.95 Å². The predicted molar refractivity (Wildman–Crippen MR) is 97.0 cm³/mol. The van der Waals surface area contributed by atoms with Crippen LogP contribution in [-0.4, -0.2) is 38.1 Å². The van der Waals surface area contributed by atoms with Gasteiger partial charge < -0.3 is 15.7 Å². The summed E-state index contributed by atoms with van der Waals surface area (Å²) in [5.74, 6) is 1.19. The Labute approximate surface area is 148 Å². The van der Waals surface area contributed by atoms with E-state index in [-0.39, 0.29) is 11.4 Å². The number of aromatic hydroxyl groups is 1. The number of phenols is 1. The minimum absolute atomic E-state index is 0.0501. The van der Waals surface area contributed by atoms with Crippen LogP contribution in [0.5, 0.6) is 5.75 Å². The molecule has 9 nitrogen and oxygen atoms in total. The molecule has 2 heterocycles. The molecule has 9 heteroatoms. The van der Waals surface area contributed by atoms with E-state index in [0.717, 1.165) is 5.56 Å². The van der Waals surface area contributed by atoms with E-state index in [9.17, 15) is 15.2 Å². The number of pyridine rings is 1. The van der Waals surface area contributed by atoms with Crippen LogP contribution in [0.25, 0.3) is 11.3 Å². The molecule has 3 aromatic rings. The quantitative estimate of drug-likeness (QED) is 0.336. The number of rotatable bonds is 7. The Hall–Kier alpha value is -3.75. The molecule has 0 aliphatic carbocycles. The Kier molecular flexibility index (Phi) is 5.18. The molecule has 2 aromatic heterocycles. The topological polar surface area (TPSA) is 126 Å². The molecule has 3 N–H and O–H groups in total. The summed E-state index contributed by atoms with van der Waals surface area (Å²) >= 11 is 0. The smallest absolute Gasteiger partial charge is 0.287 e. The molecule has 0 radical (unpaired) electrons. The minimum atomic E-state index is -0.491. The first-order valence-corrected chi connectivity index (χ1v) is 7.82. The van der Waals surface area contributed by atoms with Gasteiger partial charge in [-0.3, -0.25) is 10.1 Å². The van der Waals surface area contributed by atoms with Gasteiger partial charge in [-0.2, -0.15) is 0 Å². The van der Waals surface area contributed by atoms with Crippen LogP contribution in [0.1, 0.15) is 0 Å². The number of anilines is 2. The average molecular weight is 352 g/mol. The maximum absolute atomic E-state index is 10.6. The van der Waals surface area contributed by atoms with Crippen molar-refractivity contribution in [1.82, 2.24) is 15.0 Å². The second-order valence-corrected chi connectivity index (χ2v) is 5.33. The Morgan fingerprint density at radius 2 is 1.92 bits per heavy atom. The molecule has 0 saturated carbocycles. The normalized spacial score (nSPS) is 10.3. The molecule has 3 rings (SSSR count). The van der Waals surface area contributed by atoms with Crippen molar-refractivity contribution in [3.8, 4) is 17.0 Å². The van der Waals surface area contributed by atoms with Crippen molar-refractivity contribution in [2.45, 2.75) is 0 Å². The highest BCUT2D eigenvalue weighted by Gasteiger charge is 2.05. The molecule has 0 bridgehead atoms. The molecular weight excluding hydrogens is 336 g/mol. The van der Waals surface area contributed by atoms with Crippen LogP contribution in [-0.2, 0) is 0 Å². The number of hydrogen-bond acceptors (Lipinski definition) is 8. The lowest BCUT2D eigenvalue weighted by molar-refractivity contribution is -0.385. The fourth-order valence-corrected chi connectivity index (χ4v) is 2.23. The standard InChI is InChI=1S/C17H16N6O3/c24-14-3-1-2-12(10-14)15-6-7-19-17(22-15)20-9-8-18-16-5-4-13(11-21-16)23(25)26/h1-7,10-11,24H,8-9H2,(H,18,21)(H,19,20,22). The zero-order valence-electron chi connectivity index (χ0n) is 13.7. The summed E-state index contributed by atoms with van der Waals surface area (Å²) in [5.41, 5.74) is 1.44. The van der Waals surface area contributed by atoms with Crippen LogP contribution >= 0.6 is 0 Å². The van der Waals surface area contributed by atoms with Crippen molar-refractivity contribution >= 4 is 17.5 Å². The van der Waals surface area contributed by atoms with Gasteiger partial charge in [-0.25, -0.2) is 15.0 Å². The predicted octanol–water partition coefficient (Wildman–Crippen LogP) is 2.68. The highest BCUT2D eigenvalue weighted by Crippen LogP contribution is 2.21. The Morgan fingerprint density at radius 1 is 1.08 bits per heavy atom. The summed E-state index contributed by atoms with van der Waals surface area (Å²) in [6.45, 7) is 1.06. The first-order chi connectivity index (χ1) is 12.6. The third-order valence-corrected chi connectivity index (χ3v) is 3.47. The fraction of sp³-hybridized carbons (Fsp3) is 0.118. The summed E-state index contributed by atoms with van der Waals surface area (Å²) in [4.78, 5) is 22.6. The Bertz CT molecular complexity index is 901. The molecule has 0 fully saturated rings. The minimum Gasteiger partial charge on any atom is -0.508 e. The van der Waals surface area contributed by atoms with Gasteiger partial charge in [-0.05, 0) is 24.3 Å². The molecule has 0 aliphatic heterocycles. The van der Waals surface area contributed by atoms with Gasteiger partial charge in [0.05, 0.1) is 10.6 Å². The summed E-state index contributed by atoms with van der Waals surface area (Å²) in [5, 5.41) is 26.3. The van der Waals surface area contributed by atoms with Crippen molar-refractivity contribution in [3.05, 3.63) is 65.0 Å². The maximum atomic E-state index is 10.6. The molecular formula is C17H16N6O3. The molecule has 0 aliphatic rings. The highest BCUT2D eigenvalue weighted by atomic mass is 16.6. The summed E-state index contributed by atoms with van der Waals surface area (Å²) in [6, 6.07) is 11.5. The van der Waals surface area contributed by atoms with Gasteiger partial charge in [0.1, 0.15) is 17.8 Å². The number of benzene rings is 1. The van der Waals surface area contributed by atoms with Crippen molar-refractivity contribution in [2.75, 3.05) is 23.7 Å². The van der Waals surface area contributed by atoms with Gasteiger partial charge in [-0.1, -0.05) is 12.1 Å². The molecule has 0 amide bonds. The number of phenolic OH excluding ortho intramolecular Hbond substituents is 1. The molecule has 26 heavy (non-hydrogen) atoms. The van der Waals surface area contributed by atoms with Gasteiger partial charge in [0.25, 0.3) is 5.69 Å². The average Bonchev–Trinajstić information content (AvgIpc) is 2.66. The van der Waals surface area contributed by atoms with E-state index in [1.165, 1.54) is 12.3 Å². The van der Waals surface area contributed by atoms with Gasteiger partial charge in [0.15, 0.2) is 0 Å². The third kappa shape index (κ3) is 4.41. The van der Waals surface area contributed by atoms with Crippen molar-refractivity contribution in [3.63, 3.8) is 0 Å². The Balaban J connectivity index is 1.53. The summed E-state index contributed by atoms with van der Waals surface area (Å²) in [6.07, 6.45) is 2.84. The largest absolute Gasteiger partial charge is 0.508 e. The number of nitrogens with one attached hydrogen (secondary N) is 2. The molecule has 0 spiro atoms. The third-order valence-electron chi connectivity index (χ3n) is 3.47. The van der Waals surface area contributed by atoms with E-state index >= 15 is 0 Å². The number of hydrogen-bond donors (Lipinski definition) is 3. The van der Waals surface area contributed by atoms with Crippen LogP contribution in [0.3, 0.4) is 0 Å². The lowest BCUT2D eigenvalue weighted by atomic mass is 10.1. The zero-order valence-corrected chi connectivity index (χ0v) is 13.7. The van der Waals surface area contributed by atoms with Gasteiger partial charge in [-0.15, -0.1) is 0 Å². The van der Waals surface area contributed by atoms with Crippen molar-refractivity contribution in [1.29, 1.82) is 0 Å². The maximum Gasteiger partial charge on any atom is 0.287 e. The molecule has 1 aromatic carbocycles. The SMILES string of the molecule is O=[N+]([O-])c1ccc(NCCNc2nccc(-c3cccc(O)c3)n2)nc1. The number of nitrogens with zero attached hydrogens (tertiary/aromatic N) is 4. The van der Waals surface area contributed by atoms with E-state index in [1.54, 1.807) is 36.5 Å². The second kappa shape index (κ2) is 7.88. The fourth-order valence-electron chi connectivity index (χ4n) is 2.23. The van der Waals surface area contributed by atoms with Crippen LogP contribution in [0, 0.1) is 10.1 Å². The highest BCUT2D eigenvalue weighted by molar-refractivity contribution is 5.61. The summed E-state index contributed by atoms with van der Waals surface area (Å²) in [7, 11) is 0. The first kappa shape index (κ1) is 17.1. The monoisotopic (exact) mass is 352 g/mol. The van der Waals surface area contributed by atoms with E-state index in [4.69, 9.17) is 0 Å². The zero-order chi connectivity index (χ0) is 18.4. The number of aromatic nitrogens is 3. The lowest BCUT2D eigenvalue weighted by Crippen LogP contribution is -2.15. The first-order valence-electron chi connectivity index (χ1n) is 7.82. The van der Waals surface area contributed by atoms with Gasteiger partial charge in [0, 0.05) is 30.9 Å². The molecule has 132 valence electrons.